The number of hydrogen-bond acceptors (Lipinski definition) is 3. The number of hydrogen-bond donors (Lipinski definition) is 1. The van der Waals surface area contributed by atoms with Gasteiger partial charge in [0, 0.05) is 31.6 Å². The van der Waals surface area contributed by atoms with Gasteiger partial charge in [0.05, 0.1) is 18.4 Å². The monoisotopic (exact) mass is 442 g/mol. The smallest absolute Gasteiger partial charge is 0.335 e. The van der Waals surface area contributed by atoms with Crippen LogP contribution in [0, 0.1) is 17.5 Å². The third kappa shape index (κ3) is 5.02. The maximum Gasteiger partial charge on any atom is 0.449 e. The van der Waals surface area contributed by atoms with Crippen LogP contribution in [0.5, 0.6) is 0 Å². The van der Waals surface area contributed by atoms with Crippen LogP contribution in [0.2, 0.25) is 0 Å². The Morgan fingerprint density at radius 2 is 1.79 bits per heavy atom. The van der Waals surface area contributed by atoms with E-state index in [1.165, 1.54) is 4.90 Å². The Labute approximate surface area is 167 Å². The molecule has 29 heavy (non-hydrogen) atoms. The van der Waals surface area contributed by atoms with Gasteiger partial charge in [-0.05, 0) is 18.1 Å². The molecule has 2 heterocycles. The predicted molar refractivity (Wildman–Crippen MR) is 92.5 cm³/mol. The summed E-state index contributed by atoms with van der Waals surface area (Å²) in [5, 5.41) is 0. The third-order valence-electron chi connectivity index (χ3n) is 4.50. The second-order valence-corrected chi connectivity index (χ2v) is 6.56. The Balaban J connectivity index is 0.00000300. The topological polar surface area (TPSA) is 64.2 Å². The number of aromatic nitrogens is 2. The van der Waals surface area contributed by atoms with Gasteiger partial charge in [-0.25, -0.2) is 18.2 Å². The van der Waals surface area contributed by atoms with Crippen LogP contribution in [0.1, 0.15) is 23.5 Å². The molecule has 0 aliphatic carbocycles. The number of halogens is 7. The molecule has 0 bridgehead atoms. The molecule has 1 aliphatic heterocycles. The van der Waals surface area contributed by atoms with Gasteiger partial charge >= 0.3 is 6.18 Å². The second kappa shape index (κ2) is 8.62. The first-order valence-corrected chi connectivity index (χ1v) is 8.34. The van der Waals surface area contributed by atoms with Crippen LogP contribution in [-0.2, 0) is 30.5 Å². The van der Waals surface area contributed by atoms with E-state index in [9.17, 15) is 31.1 Å². The summed E-state index contributed by atoms with van der Waals surface area (Å²) in [5.41, 5.74) is 5.91. The maximum absolute atomic E-state index is 13.7. The molecule has 2 aromatic rings. The Bertz CT molecular complexity index is 901. The van der Waals surface area contributed by atoms with Crippen LogP contribution in [0.3, 0.4) is 0 Å². The van der Waals surface area contributed by atoms with Crippen molar-refractivity contribution in [3.05, 3.63) is 52.9 Å². The van der Waals surface area contributed by atoms with E-state index in [2.05, 4.69) is 4.98 Å². The van der Waals surface area contributed by atoms with E-state index in [4.69, 9.17) is 5.73 Å². The molecule has 12 heteroatoms. The lowest BCUT2D eigenvalue weighted by Crippen LogP contribution is -2.41. The molecule has 160 valence electrons. The Morgan fingerprint density at radius 1 is 1.14 bits per heavy atom. The summed E-state index contributed by atoms with van der Waals surface area (Å²) >= 11 is 0. The van der Waals surface area contributed by atoms with Crippen molar-refractivity contribution >= 4 is 18.3 Å². The van der Waals surface area contributed by atoms with E-state index in [1.807, 2.05) is 0 Å². The average Bonchev–Trinajstić information content (AvgIpc) is 3.03. The molecule has 0 saturated carbocycles. The van der Waals surface area contributed by atoms with E-state index in [0.29, 0.717) is 12.1 Å². The minimum absolute atomic E-state index is 0. The fraction of sp³-hybridized carbons (Fsp3) is 0.412. The zero-order chi connectivity index (χ0) is 20.6. The van der Waals surface area contributed by atoms with Crippen molar-refractivity contribution in [3.8, 4) is 0 Å². The summed E-state index contributed by atoms with van der Waals surface area (Å²) in [6.45, 7) is -0.0886. The quantitative estimate of drug-likeness (QED) is 0.585. The summed E-state index contributed by atoms with van der Waals surface area (Å²) in [7, 11) is 0. The molecule has 0 spiro atoms. The van der Waals surface area contributed by atoms with Crippen LogP contribution in [0.15, 0.2) is 18.3 Å². The highest BCUT2D eigenvalue weighted by atomic mass is 35.5. The molecule has 0 radical (unpaired) electrons. The molecule has 5 nitrogen and oxygen atoms in total. The van der Waals surface area contributed by atoms with E-state index in [1.54, 1.807) is 0 Å². The van der Waals surface area contributed by atoms with Crippen LogP contribution in [-0.4, -0.2) is 32.9 Å². The average molecular weight is 443 g/mol. The number of carbonyl (C=O) groups excluding carboxylic acids is 1. The zero-order valence-corrected chi connectivity index (χ0v) is 15.7. The molecule has 1 aliphatic rings. The molecule has 0 fully saturated rings. The fourth-order valence-electron chi connectivity index (χ4n) is 3.15. The Kier molecular flexibility index (Phi) is 6.84. The molecular formula is C17H17ClF6N4O. The first-order chi connectivity index (χ1) is 13.1. The van der Waals surface area contributed by atoms with Crippen molar-refractivity contribution < 1.29 is 31.1 Å². The van der Waals surface area contributed by atoms with Crippen LogP contribution in [0.25, 0.3) is 0 Å². The number of benzene rings is 1. The summed E-state index contributed by atoms with van der Waals surface area (Å²) in [4.78, 5) is 17.1. The molecule has 2 N–H and O–H groups in total. The van der Waals surface area contributed by atoms with Gasteiger partial charge < -0.3 is 15.2 Å². The van der Waals surface area contributed by atoms with Gasteiger partial charge in [0.2, 0.25) is 11.7 Å². The Hall–Kier alpha value is -2.27. The zero-order valence-electron chi connectivity index (χ0n) is 14.8. The van der Waals surface area contributed by atoms with E-state index in [-0.39, 0.29) is 56.1 Å². The van der Waals surface area contributed by atoms with Gasteiger partial charge in [-0.3, -0.25) is 4.79 Å². The van der Waals surface area contributed by atoms with E-state index >= 15 is 0 Å². The number of alkyl halides is 3. The molecule has 1 atom stereocenters. The lowest BCUT2D eigenvalue weighted by Gasteiger charge is -2.30. The van der Waals surface area contributed by atoms with Crippen molar-refractivity contribution in [1.82, 2.24) is 14.5 Å². The van der Waals surface area contributed by atoms with Crippen LogP contribution < -0.4 is 5.73 Å². The molecule has 1 amide bonds. The van der Waals surface area contributed by atoms with Gasteiger partial charge in [0.25, 0.3) is 0 Å². The van der Waals surface area contributed by atoms with Gasteiger partial charge in [0.15, 0.2) is 11.6 Å². The second-order valence-electron chi connectivity index (χ2n) is 6.56. The highest BCUT2D eigenvalue weighted by Gasteiger charge is 2.38. The largest absolute Gasteiger partial charge is 0.449 e. The Morgan fingerprint density at radius 3 is 2.45 bits per heavy atom. The number of carbonyl (C=O) groups is 1. The highest BCUT2D eigenvalue weighted by molar-refractivity contribution is 5.85. The van der Waals surface area contributed by atoms with Crippen molar-refractivity contribution in [2.45, 2.75) is 38.1 Å². The van der Waals surface area contributed by atoms with E-state index < -0.39 is 41.4 Å². The molecule has 0 saturated heterocycles. The van der Waals surface area contributed by atoms with Gasteiger partial charge in [-0.15, -0.1) is 12.4 Å². The first kappa shape index (κ1) is 23.0. The van der Waals surface area contributed by atoms with Gasteiger partial charge in [-0.2, -0.15) is 13.2 Å². The summed E-state index contributed by atoms with van der Waals surface area (Å²) in [6.07, 6.45) is -3.93. The maximum atomic E-state index is 13.7. The molecular weight excluding hydrogens is 426 g/mol. The summed E-state index contributed by atoms with van der Waals surface area (Å²) in [5.74, 6) is -4.96. The van der Waals surface area contributed by atoms with Gasteiger partial charge in [0.1, 0.15) is 5.82 Å². The number of rotatable bonds is 4. The summed E-state index contributed by atoms with van der Waals surface area (Å²) in [6, 6.07) is 0.223. The van der Waals surface area contributed by atoms with Crippen molar-refractivity contribution in [3.63, 3.8) is 0 Å². The standard InChI is InChI=1S/C17H16F6N4O.ClH/c18-12-6-14(20)13(19)4-9(12)3-10(24)5-15(28)26-1-2-27-11(8-26)7-25-16(27)17(21,22)23;/h4,6-7,10H,1-3,5,8,24H2;1H/t10-;/m1./s1. The van der Waals surface area contributed by atoms with Crippen molar-refractivity contribution in [1.29, 1.82) is 0 Å². The number of amides is 1. The van der Waals surface area contributed by atoms with Gasteiger partial charge in [-0.1, -0.05) is 0 Å². The van der Waals surface area contributed by atoms with Crippen LogP contribution >= 0.6 is 12.4 Å². The first-order valence-electron chi connectivity index (χ1n) is 8.34. The lowest BCUT2D eigenvalue weighted by molar-refractivity contribution is -0.148. The fourth-order valence-corrected chi connectivity index (χ4v) is 3.15. The SMILES string of the molecule is Cl.N[C@@H](CC(=O)N1CCn2c(cnc2C(F)(F)F)C1)Cc1cc(F)c(F)cc1F. The van der Waals surface area contributed by atoms with Crippen LogP contribution in [0.4, 0.5) is 26.3 Å². The predicted octanol–water partition coefficient (Wildman–Crippen LogP) is 3.04. The molecule has 1 aromatic carbocycles. The number of fused-ring (bicyclic) bond motifs is 1. The minimum atomic E-state index is -4.58. The number of nitrogens with zero attached hydrogens (tertiary/aromatic N) is 3. The third-order valence-corrected chi connectivity index (χ3v) is 4.50. The number of imidazole rings is 1. The van der Waals surface area contributed by atoms with E-state index in [0.717, 1.165) is 10.8 Å². The number of nitrogens with two attached hydrogens (primary N) is 1. The lowest BCUT2D eigenvalue weighted by atomic mass is 10.0. The summed E-state index contributed by atoms with van der Waals surface area (Å²) < 4.78 is 79.5. The normalized spacial score (nSPS) is 14.9. The van der Waals surface area contributed by atoms with Crippen molar-refractivity contribution in [2.75, 3.05) is 6.54 Å². The molecule has 3 rings (SSSR count). The minimum Gasteiger partial charge on any atom is -0.335 e. The molecule has 0 unspecified atom stereocenters. The van der Waals surface area contributed by atoms with Crippen molar-refractivity contribution in [2.24, 2.45) is 5.73 Å². The molecule has 1 aromatic heterocycles. The highest BCUT2D eigenvalue weighted by Crippen LogP contribution is 2.30.